The number of ether oxygens (including phenoxy) is 1. The number of carbonyl (C=O) groups excluding carboxylic acids is 2. The Bertz CT molecular complexity index is 1080. The summed E-state index contributed by atoms with van der Waals surface area (Å²) in [5.74, 6) is -0.592. The van der Waals surface area contributed by atoms with Gasteiger partial charge in [-0.3, -0.25) is 9.69 Å². The Morgan fingerprint density at radius 3 is 2.42 bits per heavy atom. The minimum Gasteiger partial charge on any atom is -0.462 e. The van der Waals surface area contributed by atoms with Gasteiger partial charge in [-0.1, -0.05) is 11.6 Å². The van der Waals surface area contributed by atoms with Gasteiger partial charge in [0.1, 0.15) is 4.21 Å². The van der Waals surface area contributed by atoms with Crippen LogP contribution in [0.4, 0.5) is 0 Å². The van der Waals surface area contributed by atoms with Crippen molar-refractivity contribution in [2.45, 2.75) is 37.9 Å². The number of aromatic nitrogens is 1. The normalized spacial score (nSPS) is 16.9. The fraction of sp³-hybridized carbons (Fsp3) is 0.500. The van der Waals surface area contributed by atoms with Gasteiger partial charge < -0.3 is 9.72 Å². The summed E-state index contributed by atoms with van der Waals surface area (Å²) in [6.07, 6.45) is 0. The molecule has 0 aromatic carbocycles. The average Bonchev–Trinajstić information content (AvgIpc) is 3.30. The van der Waals surface area contributed by atoms with Crippen molar-refractivity contribution in [1.82, 2.24) is 14.2 Å². The van der Waals surface area contributed by atoms with E-state index in [1.165, 1.54) is 10.4 Å². The predicted molar refractivity (Wildman–Crippen MR) is 120 cm³/mol. The number of piperazine rings is 1. The monoisotopic (exact) mass is 487 g/mol. The molecule has 2 aromatic heterocycles. The summed E-state index contributed by atoms with van der Waals surface area (Å²) in [6.45, 7) is 8.67. The van der Waals surface area contributed by atoms with Crippen LogP contribution in [-0.2, 0) is 14.8 Å². The lowest BCUT2D eigenvalue weighted by Gasteiger charge is -2.36. The van der Waals surface area contributed by atoms with E-state index in [0.717, 1.165) is 11.3 Å². The fourth-order valence-corrected chi connectivity index (χ4v) is 6.83. The SMILES string of the molecule is CCOC(=O)c1c(C)[nH]c(C(=O)C(C)N2CCN(S(=O)(=O)c3ccc(Cl)s3)CC2)c1C. The van der Waals surface area contributed by atoms with Crippen LogP contribution < -0.4 is 0 Å². The lowest BCUT2D eigenvalue weighted by molar-refractivity contribution is 0.0525. The molecule has 1 aliphatic heterocycles. The van der Waals surface area contributed by atoms with Crippen molar-refractivity contribution >= 4 is 44.7 Å². The zero-order chi connectivity index (χ0) is 22.9. The number of nitrogens with one attached hydrogen (secondary N) is 1. The third-order valence-corrected chi connectivity index (χ3v) is 9.10. The van der Waals surface area contributed by atoms with E-state index in [2.05, 4.69) is 4.98 Å². The molecule has 2 aromatic rings. The van der Waals surface area contributed by atoms with E-state index in [9.17, 15) is 18.0 Å². The smallest absolute Gasteiger partial charge is 0.340 e. The van der Waals surface area contributed by atoms with Gasteiger partial charge in [0.05, 0.1) is 28.2 Å². The van der Waals surface area contributed by atoms with Crippen molar-refractivity contribution in [3.05, 3.63) is 39.0 Å². The first-order chi connectivity index (χ1) is 14.6. The number of aryl methyl sites for hydroxylation is 1. The van der Waals surface area contributed by atoms with Crippen molar-refractivity contribution in [2.75, 3.05) is 32.8 Å². The van der Waals surface area contributed by atoms with E-state index < -0.39 is 22.0 Å². The molecular weight excluding hydrogens is 462 g/mol. The molecule has 1 atom stereocenters. The number of H-pyrrole nitrogens is 1. The van der Waals surface area contributed by atoms with Gasteiger partial charge in [-0.25, -0.2) is 13.2 Å². The van der Waals surface area contributed by atoms with Crippen molar-refractivity contribution in [3.63, 3.8) is 0 Å². The predicted octanol–water partition coefficient (Wildman–Crippen LogP) is 3.10. The highest BCUT2D eigenvalue weighted by Gasteiger charge is 2.34. The summed E-state index contributed by atoms with van der Waals surface area (Å²) in [5, 5.41) is 0. The fourth-order valence-electron chi connectivity index (χ4n) is 3.78. The van der Waals surface area contributed by atoms with Crippen molar-refractivity contribution in [1.29, 1.82) is 0 Å². The minimum atomic E-state index is -3.59. The highest BCUT2D eigenvalue weighted by atomic mass is 35.5. The van der Waals surface area contributed by atoms with E-state index >= 15 is 0 Å². The molecule has 3 heterocycles. The van der Waals surface area contributed by atoms with Crippen LogP contribution >= 0.6 is 22.9 Å². The lowest BCUT2D eigenvalue weighted by Crippen LogP contribution is -2.53. The van der Waals surface area contributed by atoms with Crippen LogP contribution in [0.2, 0.25) is 4.34 Å². The summed E-state index contributed by atoms with van der Waals surface area (Å²) < 4.78 is 32.7. The van der Waals surface area contributed by atoms with Crippen molar-refractivity contribution in [3.8, 4) is 0 Å². The van der Waals surface area contributed by atoms with E-state index in [1.54, 1.807) is 33.8 Å². The molecule has 0 amide bonds. The Morgan fingerprint density at radius 2 is 1.87 bits per heavy atom. The summed E-state index contributed by atoms with van der Waals surface area (Å²) in [7, 11) is -3.59. The Kier molecular flexibility index (Phi) is 7.27. The van der Waals surface area contributed by atoms with E-state index in [4.69, 9.17) is 16.3 Å². The summed E-state index contributed by atoms with van der Waals surface area (Å²) in [4.78, 5) is 30.3. The third-order valence-electron chi connectivity index (χ3n) is 5.51. The lowest BCUT2D eigenvalue weighted by atomic mass is 10.0. The van der Waals surface area contributed by atoms with E-state index in [0.29, 0.717) is 39.9 Å². The second kappa shape index (κ2) is 9.41. The van der Waals surface area contributed by atoms with Crippen LogP contribution in [0.15, 0.2) is 16.3 Å². The highest BCUT2D eigenvalue weighted by Crippen LogP contribution is 2.29. The number of halogens is 1. The van der Waals surface area contributed by atoms with E-state index in [1.807, 2.05) is 4.90 Å². The number of sulfonamides is 1. The number of carbonyl (C=O) groups is 2. The summed E-state index contributed by atoms with van der Waals surface area (Å²) in [5.41, 5.74) is 1.94. The second-order valence-electron chi connectivity index (χ2n) is 7.38. The van der Waals surface area contributed by atoms with Crippen LogP contribution in [0.1, 0.15) is 46.0 Å². The molecule has 3 rings (SSSR count). The first-order valence-electron chi connectivity index (χ1n) is 9.98. The van der Waals surface area contributed by atoms with Gasteiger partial charge >= 0.3 is 5.97 Å². The average molecular weight is 488 g/mol. The first kappa shape index (κ1) is 23.9. The van der Waals surface area contributed by atoms with E-state index in [-0.39, 0.29) is 29.7 Å². The Balaban J connectivity index is 1.70. The van der Waals surface area contributed by atoms with Crippen molar-refractivity contribution < 1.29 is 22.7 Å². The van der Waals surface area contributed by atoms with Crippen molar-refractivity contribution in [2.24, 2.45) is 0 Å². The number of thiophene rings is 1. The van der Waals surface area contributed by atoms with Crippen LogP contribution in [0.3, 0.4) is 0 Å². The summed E-state index contributed by atoms with van der Waals surface area (Å²) in [6, 6.07) is 2.62. The van der Waals surface area contributed by atoms with Gasteiger partial charge in [-0.15, -0.1) is 11.3 Å². The molecule has 1 saturated heterocycles. The molecule has 0 saturated carbocycles. The Morgan fingerprint density at radius 1 is 1.23 bits per heavy atom. The molecule has 0 aliphatic carbocycles. The molecule has 8 nitrogen and oxygen atoms in total. The number of hydrogen-bond acceptors (Lipinski definition) is 7. The molecule has 1 N–H and O–H groups in total. The number of Topliss-reactive ketones (excluding diaryl/α,β-unsaturated/α-hetero) is 1. The largest absolute Gasteiger partial charge is 0.462 e. The molecule has 0 radical (unpaired) electrons. The first-order valence-corrected chi connectivity index (χ1v) is 12.6. The zero-order valence-corrected chi connectivity index (χ0v) is 20.3. The van der Waals surface area contributed by atoms with Gasteiger partial charge in [0.25, 0.3) is 10.0 Å². The number of ketones is 1. The van der Waals surface area contributed by atoms with Gasteiger partial charge in [-0.2, -0.15) is 4.31 Å². The van der Waals surface area contributed by atoms with Crippen LogP contribution in [0.5, 0.6) is 0 Å². The standard InChI is InChI=1S/C20H26ClN3O5S2/c1-5-29-20(26)17-12(2)18(22-13(17)3)19(25)14(4)23-8-10-24(11-9-23)31(27,28)16-7-6-15(21)30-16/h6-7,14,22H,5,8-11H2,1-4H3. The van der Waals surface area contributed by atoms with Crippen LogP contribution in [0, 0.1) is 13.8 Å². The van der Waals surface area contributed by atoms with Crippen LogP contribution in [-0.4, -0.2) is 73.2 Å². The second-order valence-corrected chi connectivity index (χ2v) is 11.3. The molecule has 31 heavy (non-hydrogen) atoms. The van der Waals surface area contributed by atoms with Gasteiger partial charge in [0.2, 0.25) is 0 Å². The summed E-state index contributed by atoms with van der Waals surface area (Å²) >= 11 is 6.92. The molecule has 0 bridgehead atoms. The molecule has 1 unspecified atom stereocenters. The van der Waals surface area contributed by atoms with Gasteiger partial charge in [-0.05, 0) is 45.4 Å². The minimum absolute atomic E-state index is 0.141. The maximum atomic E-state index is 13.1. The number of esters is 1. The number of rotatable bonds is 7. The maximum absolute atomic E-state index is 13.1. The zero-order valence-electron chi connectivity index (χ0n) is 17.9. The molecular formula is C20H26ClN3O5S2. The quantitative estimate of drug-likeness (QED) is 0.476. The Hall–Kier alpha value is -1.72. The molecule has 1 fully saturated rings. The maximum Gasteiger partial charge on any atom is 0.340 e. The molecule has 1 aliphatic rings. The molecule has 11 heteroatoms. The van der Waals surface area contributed by atoms with Crippen LogP contribution in [0.25, 0.3) is 0 Å². The number of hydrogen-bond donors (Lipinski definition) is 1. The molecule has 0 spiro atoms. The van der Waals surface area contributed by atoms with Gasteiger partial charge in [0.15, 0.2) is 5.78 Å². The third kappa shape index (κ3) is 4.73. The topological polar surface area (TPSA) is 99.8 Å². The molecule has 170 valence electrons. The Labute approximate surface area is 191 Å². The number of aromatic amines is 1. The van der Waals surface area contributed by atoms with Gasteiger partial charge in [0, 0.05) is 31.9 Å². The highest BCUT2D eigenvalue weighted by molar-refractivity contribution is 7.91. The number of nitrogens with zero attached hydrogens (tertiary/aromatic N) is 2.